The molecule has 1 aliphatic carbocycles. The molecule has 0 saturated heterocycles. The molecule has 2 N–H and O–H groups in total. The zero-order chi connectivity index (χ0) is 21.1. The van der Waals surface area contributed by atoms with E-state index in [0.29, 0.717) is 0 Å². The first-order chi connectivity index (χ1) is 14.5. The smallest absolute Gasteiger partial charge is 0.407 e. The van der Waals surface area contributed by atoms with E-state index >= 15 is 0 Å². The van der Waals surface area contributed by atoms with Gasteiger partial charge < -0.3 is 15.2 Å². The molecule has 0 saturated carbocycles. The van der Waals surface area contributed by atoms with Crippen molar-refractivity contribution in [3.63, 3.8) is 0 Å². The molecule has 30 heavy (non-hydrogen) atoms. The Bertz CT molecular complexity index is 1030. The Morgan fingerprint density at radius 2 is 1.50 bits per heavy atom. The maximum Gasteiger partial charge on any atom is 0.407 e. The molecule has 0 aliphatic heterocycles. The van der Waals surface area contributed by atoms with E-state index in [2.05, 4.69) is 29.6 Å². The van der Waals surface area contributed by atoms with Crippen molar-refractivity contribution in [2.45, 2.75) is 25.3 Å². The first kappa shape index (κ1) is 19.7. The minimum absolute atomic E-state index is 0.0413. The first-order valence-electron chi connectivity index (χ1n) is 9.93. The SMILES string of the molecule is Cc1ccc(C(CC(=O)O)NC(=O)OCC2c3ccccc3-c3ccccc32)cc1. The lowest BCUT2D eigenvalue weighted by molar-refractivity contribution is -0.137. The van der Waals surface area contributed by atoms with Crippen molar-refractivity contribution < 1.29 is 19.4 Å². The van der Waals surface area contributed by atoms with E-state index in [1.54, 1.807) is 0 Å². The average Bonchev–Trinajstić information content (AvgIpc) is 3.06. The van der Waals surface area contributed by atoms with Crippen LogP contribution in [0.3, 0.4) is 0 Å². The van der Waals surface area contributed by atoms with Crippen LogP contribution in [-0.4, -0.2) is 23.8 Å². The molecule has 3 aromatic carbocycles. The van der Waals surface area contributed by atoms with Gasteiger partial charge in [-0.2, -0.15) is 0 Å². The molecule has 0 bridgehead atoms. The Labute approximate surface area is 175 Å². The first-order valence-corrected chi connectivity index (χ1v) is 9.93. The Morgan fingerprint density at radius 3 is 2.07 bits per heavy atom. The molecule has 0 heterocycles. The second-order valence-corrected chi connectivity index (χ2v) is 7.53. The molecule has 152 valence electrons. The summed E-state index contributed by atoms with van der Waals surface area (Å²) in [4.78, 5) is 23.8. The number of benzene rings is 3. The standard InChI is InChI=1S/C25H23NO4/c1-16-10-12-17(13-11-16)23(14-24(27)28)26-25(29)30-15-22-20-8-4-2-6-18(20)19-7-3-5-9-21(19)22/h2-13,22-23H,14-15H2,1H3,(H,26,29)(H,27,28). The zero-order valence-electron chi connectivity index (χ0n) is 16.7. The molecular weight excluding hydrogens is 378 g/mol. The summed E-state index contributed by atoms with van der Waals surface area (Å²) in [6.45, 7) is 2.14. The van der Waals surface area contributed by atoms with Gasteiger partial charge in [0.05, 0.1) is 12.5 Å². The maximum absolute atomic E-state index is 12.5. The van der Waals surface area contributed by atoms with E-state index in [1.165, 1.54) is 0 Å². The summed E-state index contributed by atoms with van der Waals surface area (Å²) in [6.07, 6.45) is -0.837. The van der Waals surface area contributed by atoms with Crippen molar-refractivity contribution in [3.05, 3.63) is 95.1 Å². The number of aryl methyl sites for hydroxylation is 1. The number of aliphatic carboxylic acids is 1. The predicted octanol–water partition coefficient (Wildman–Crippen LogP) is 5.05. The lowest BCUT2D eigenvalue weighted by Crippen LogP contribution is -2.31. The molecule has 0 aromatic heterocycles. The van der Waals surface area contributed by atoms with Crippen LogP contribution in [0.5, 0.6) is 0 Å². The molecule has 1 amide bonds. The molecule has 1 aliphatic rings. The minimum Gasteiger partial charge on any atom is -0.481 e. The highest BCUT2D eigenvalue weighted by atomic mass is 16.5. The largest absolute Gasteiger partial charge is 0.481 e. The van der Waals surface area contributed by atoms with Crippen molar-refractivity contribution in [1.29, 1.82) is 0 Å². The molecule has 3 aromatic rings. The third-order valence-electron chi connectivity index (χ3n) is 5.49. The Hall–Kier alpha value is -3.60. The second-order valence-electron chi connectivity index (χ2n) is 7.53. The van der Waals surface area contributed by atoms with Gasteiger partial charge in [0.15, 0.2) is 0 Å². The van der Waals surface area contributed by atoms with E-state index in [0.717, 1.165) is 33.4 Å². The van der Waals surface area contributed by atoms with Crippen LogP contribution in [0.2, 0.25) is 0 Å². The number of rotatable bonds is 6. The molecule has 1 unspecified atom stereocenters. The number of carbonyl (C=O) groups excluding carboxylic acids is 1. The van der Waals surface area contributed by atoms with Gasteiger partial charge in [0, 0.05) is 5.92 Å². The molecule has 0 fully saturated rings. The van der Waals surface area contributed by atoms with Crippen LogP contribution in [0, 0.1) is 6.92 Å². The number of carboxylic acids is 1. The van der Waals surface area contributed by atoms with E-state index in [9.17, 15) is 14.7 Å². The highest BCUT2D eigenvalue weighted by Gasteiger charge is 2.29. The normalized spacial score (nSPS) is 13.2. The van der Waals surface area contributed by atoms with Crippen molar-refractivity contribution in [1.82, 2.24) is 5.32 Å². The van der Waals surface area contributed by atoms with Crippen molar-refractivity contribution >= 4 is 12.1 Å². The van der Waals surface area contributed by atoms with Gasteiger partial charge in [0.2, 0.25) is 0 Å². The average molecular weight is 401 g/mol. The molecule has 5 heteroatoms. The predicted molar refractivity (Wildman–Crippen MR) is 114 cm³/mol. The number of amides is 1. The van der Waals surface area contributed by atoms with Crippen molar-refractivity contribution in [2.75, 3.05) is 6.61 Å². The van der Waals surface area contributed by atoms with Gasteiger partial charge in [0.25, 0.3) is 0 Å². The summed E-state index contributed by atoms with van der Waals surface area (Å²) in [6, 6.07) is 23.0. The highest BCUT2D eigenvalue weighted by Crippen LogP contribution is 2.44. The molecule has 1 atom stereocenters. The highest BCUT2D eigenvalue weighted by molar-refractivity contribution is 5.79. The molecule has 0 radical (unpaired) electrons. The molecular formula is C25H23NO4. The van der Waals surface area contributed by atoms with Gasteiger partial charge in [-0.15, -0.1) is 0 Å². The van der Waals surface area contributed by atoms with E-state index in [-0.39, 0.29) is 18.9 Å². The summed E-state index contributed by atoms with van der Waals surface area (Å²) in [5.41, 5.74) is 6.38. The third kappa shape index (κ3) is 4.06. The van der Waals surface area contributed by atoms with E-state index < -0.39 is 18.1 Å². The van der Waals surface area contributed by atoms with Gasteiger partial charge in [-0.3, -0.25) is 4.79 Å². The van der Waals surface area contributed by atoms with Gasteiger partial charge in [-0.05, 0) is 34.7 Å². The van der Waals surface area contributed by atoms with Gasteiger partial charge in [-0.1, -0.05) is 78.4 Å². The summed E-state index contributed by atoms with van der Waals surface area (Å²) in [5, 5.41) is 12.0. The van der Waals surface area contributed by atoms with Crippen LogP contribution in [0.25, 0.3) is 11.1 Å². The number of fused-ring (bicyclic) bond motifs is 3. The third-order valence-corrected chi connectivity index (χ3v) is 5.49. The van der Waals surface area contributed by atoms with Crippen LogP contribution >= 0.6 is 0 Å². The fraction of sp³-hybridized carbons (Fsp3) is 0.200. The zero-order valence-corrected chi connectivity index (χ0v) is 16.7. The number of carboxylic acid groups (broad SMARTS) is 1. The van der Waals surface area contributed by atoms with Gasteiger partial charge in [-0.25, -0.2) is 4.79 Å². The fourth-order valence-corrected chi connectivity index (χ4v) is 4.01. The Morgan fingerprint density at radius 1 is 0.933 bits per heavy atom. The summed E-state index contributed by atoms with van der Waals surface area (Å²) < 4.78 is 5.55. The molecule has 0 spiro atoms. The Balaban J connectivity index is 1.47. The number of alkyl carbamates (subject to hydrolysis) is 1. The lowest BCUT2D eigenvalue weighted by atomic mass is 9.98. The van der Waals surface area contributed by atoms with Crippen LogP contribution in [0.15, 0.2) is 72.8 Å². The quantitative estimate of drug-likeness (QED) is 0.606. The maximum atomic E-state index is 12.5. The van der Waals surface area contributed by atoms with Crippen molar-refractivity contribution in [3.8, 4) is 11.1 Å². The van der Waals surface area contributed by atoms with E-state index in [1.807, 2.05) is 55.5 Å². The summed E-state index contributed by atoms with van der Waals surface area (Å²) in [5.74, 6) is -1.03. The summed E-state index contributed by atoms with van der Waals surface area (Å²) >= 11 is 0. The lowest BCUT2D eigenvalue weighted by Gasteiger charge is -2.19. The number of nitrogens with one attached hydrogen (secondary N) is 1. The number of hydrogen-bond acceptors (Lipinski definition) is 3. The molecule has 4 rings (SSSR count). The van der Waals surface area contributed by atoms with Crippen LogP contribution in [0.4, 0.5) is 4.79 Å². The van der Waals surface area contributed by atoms with Gasteiger partial charge in [0.1, 0.15) is 6.61 Å². The number of carbonyl (C=O) groups is 2. The van der Waals surface area contributed by atoms with Crippen LogP contribution in [0.1, 0.15) is 40.6 Å². The topological polar surface area (TPSA) is 75.6 Å². The van der Waals surface area contributed by atoms with Crippen LogP contribution < -0.4 is 5.32 Å². The molecule has 5 nitrogen and oxygen atoms in total. The number of hydrogen-bond donors (Lipinski definition) is 2. The van der Waals surface area contributed by atoms with Crippen LogP contribution in [-0.2, 0) is 9.53 Å². The monoisotopic (exact) mass is 401 g/mol. The summed E-state index contributed by atoms with van der Waals surface area (Å²) in [7, 11) is 0. The van der Waals surface area contributed by atoms with Crippen molar-refractivity contribution in [2.24, 2.45) is 0 Å². The minimum atomic E-state index is -0.987. The van der Waals surface area contributed by atoms with Gasteiger partial charge >= 0.3 is 12.1 Å². The van der Waals surface area contributed by atoms with E-state index in [4.69, 9.17) is 4.74 Å². The number of ether oxygens (including phenoxy) is 1. The second kappa shape index (κ2) is 8.41. The Kier molecular flexibility index (Phi) is 5.53. The fourth-order valence-electron chi connectivity index (χ4n) is 4.01.